The monoisotopic (exact) mass is 247 g/mol. The Kier molecular flexibility index (Phi) is 3.55. The summed E-state index contributed by atoms with van der Waals surface area (Å²) in [6.45, 7) is 6.28. The molecule has 1 amide bonds. The molecule has 1 aliphatic carbocycles. The van der Waals surface area contributed by atoms with E-state index in [2.05, 4.69) is 17.2 Å². The molecule has 1 fully saturated rings. The van der Waals surface area contributed by atoms with Gasteiger partial charge in [-0.15, -0.1) is 0 Å². The first-order chi connectivity index (χ1) is 8.45. The summed E-state index contributed by atoms with van der Waals surface area (Å²) in [5.74, 6) is 1.36. The lowest BCUT2D eigenvalue weighted by Gasteiger charge is -2.33. The van der Waals surface area contributed by atoms with Crippen LogP contribution in [-0.2, 0) is 0 Å². The molecule has 1 saturated carbocycles. The highest BCUT2D eigenvalue weighted by atomic mass is 16.1. The van der Waals surface area contributed by atoms with E-state index in [-0.39, 0.29) is 11.8 Å². The minimum atomic E-state index is -0.0390. The van der Waals surface area contributed by atoms with Gasteiger partial charge in [0.25, 0.3) is 5.91 Å². The Morgan fingerprint density at radius 3 is 2.67 bits per heavy atom. The molecular weight excluding hydrogens is 226 g/mol. The number of amides is 1. The molecule has 98 valence electrons. The molecule has 1 aromatic heterocycles. The molecule has 0 radical (unpaired) electrons. The number of nitrogens with zero attached hydrogens (tertiary/aromatic N) is 1. The number of nitrogens with one attached hydrogen (secondary N) is 1. The molecule has 0 unspecified atom stereocenters. The van der Waals surface area contributed by atoms with Crippen molar-refractivity contribution in [1.82, 2.24) is 10.3 Å². The molecule has 0 aliphatic heterocycles. The summed E-state index contributed by atoms with van der Waals surface area (Å²) in [7, 11) is 0. The van der Waals surface area contributed by atoms with Crippen molar-refractivity contribution in [1.29, 1.82) is 0 Å². The van der Waals surface area contributed by atoms with Gasteiger partial charge < -0.3 is 11.1 Å². The normalized spacial score (nSPS) is 22.7. The number of carbonyl (C=O) groups is 1. The number of aromatic nitrogens is 1. The lowest BCUT2D eigenvalue weighted by molar-refractivity contribution is 0.0896. The van der Waals surface area contributed by atoms with Crippen molar-refractivity contribution in [3.63, 3.8) is 0 Å². The van der Waals surface area contributed by atoms with Gasteiger partial charge in [-0.05, 0) is 36.8 Å². The smallest absolute Gasteiger partial charge is 0.251 e. The molecule has 3 N–H and O–H groups in total. The molecule has 18 heavy (non-hydrogen) atoms. The van der Waals surface area contributed by atoms with Crippen molar-refractivity contribution in [2.24, 2.45) is 5.92 Å². The average Bonchev–Trinajstić information content (AvgIpc) is 2.26. The number of nitrogen functional groups attached to an aromatic ring is 1. The Labute approximate surface area is 108 Å². The van der Waals surface area contributed by atoms with E-state index in [0.29, 0.717) is 17.4 Å². The number of pyridine rings is 1. The van der Waals surface area contributed by atoms with Crippen LogP contribution in [0.4, 0.5) is 5.82 Å². The largest absolute Gasteiger partial charge is 0.384 e. The Bertz CT molecular complexity index is 450. The molecule has 2 rings (SSSR count). The summed E-state index contributed by atoms with van der Waals surface area (Å²) < 4.78 is 0. The number of carbonyl (C=O) groups excluding carboxylic acids is 1. The topological polar surface area (TPSA) is 68.0 Å². The molecule has 0 spiro atoms. The Balaban J connectivity index is 2.09. The minimum absolute atomic E-state index is 0.0390. The number of hydrogen-bond donors (Lipinski definition) is 2. The third-order valence-corrected chi connectivity index (χ3v) is 3.43. The van der Waals surface area contributed by atoms with Crippen molar-refractivity contribution in [3.05, 3.63) is 23.4 Å². The van der Waals surface area contributed by atoms with Gasteiger partial charge in [0.05, 0.1) is 0 Å². The van der Waals surface area contributed by atoms with Gasteiger partial charge in [-0.2, -0.15) is 0 Å². The molecule has 0 atom stereocenters. The van der Waals surface area contributed by atoms with Gasteiger partial charge in [-0.3, -0.25) is 4.79 Å². The Morgan fingerprint density at radius 1 is 1.44 bits per heavy atom. The quantitative estimate of drug-likeness (QED) is 0.861. The van der Waals surface area contributed by atoms with E-state index in [1.54, 1.807) is 6.07 Å². The predicted octanol–water partition coefficient (Wildman–Crippen LogP) is 2.32. The van der Waals surface area contributed by atoms with E-state index >= 15 is 0 Å². The average molecular weight is 247 g/mol. The number of nitrogens with two attached hydrogens (primary N) is 1. The van der Waals surface area contributed by atoms with Crippen molar-refractivity contribution in [2.75, 3.05) is 5.73 Å². The van der Waals surface area contributed by atoms with E-state index in [4.69, 9.17) is 5.73 Å². The van der Waals surface area contributed by atoms with Gasteiger partial charge in [0.1, 0.15) is 5.82 Å². The van der Waals surface area contributed by atoms with Crippen molar-refractivity contribution in [2.45, 2.75) is 45.6 Å². The zero-order valence-corrected chi connectivity index (χ0v) is 11.2. The van der Waals surface area contributed by atoms with Gasteiger partial charge in [0.15, 0.2) is 0 Å². The fraction of sp³-hybridized carbons (Fsp3) is 0.571. The first-order valence-electron chi connectivity index (χ1n) is 6.54. The highest BCUT2D eigenvalue weighted by Gasteiger charge is 2.27. The van der Waals surface area contributed by atoms with Gasteiger partial charge in [-0.1, -0.05) is 20.8 Å². The Morgan fingerprint density at radius 2 is 2.11 bits per heavy atom. The van der Waals surface area contributed by atoms with Gasteiger partial charge >= 0.3 is 0 Å². The van der Waals surface area contributed by atoms with Crippen LogP contribution in [0.3, 0.4) is 0 Å². The fourth-order valence-electron chi connectivity index (χ4n) is 2.29. The number of anilines is 1. The maximum atomic E-state index is 12.1. The molecule has 1 aliphatic rings. The van der Waals surface area contributed by atoms with Crippen LogP contribution in [0.1, 0.15) is 55.6 Å². The zero-order chi connectivity index (χ0) is 13.3. The summed E-state index contributed by atoms with van der Waals surface area (Å²) in [5, 5.41) is 3.03. The zero-order valence-electron chi connectivity index (χ0n) is 11.2. The van der Waals surface area contributed by atoms with Crippen molar-refractivity contribution in [3.8, 4) is 0 Å². The van der Waals surface area contributed by atoms with Crippen LogP contribution in [0.5, 0.6) is 0 Å². The highest BCUT2D eigenvalue weighted by Crippen LogP contribution is 2.26. The fourth-order valence-corrected chi connectivity index (χ4v) is 2.29. The van der Waals surface area contributed by atoms with Gasteiger partial charge in [-0.25, -0.2) is 4.98 Å². The van der Waals surface area contributed by atoms with E-state index in [0.717, 1.165) is 24.5 Å². The number of rotatable bonds is 3. The second-order valence-electron chi connectivity index (χ2n) is 5.61. The van der Waals surface area contributed by atoms with Crippen molar-refractivity contribution < 1.29 is 4.79 Å². The molecule has 4 heteroatoms. The summed E-state index contributed by atoms with van der Waals surface area (Å²) >= 11 is 0. The standard InChI is InChI=1S/C14H21N3O/c1-8(2)12-6-10(7-13(15)17-12)14(18)16-11-4-9(3)5-11/h6-9,11H,4-5H2,1-3H3,(H2,15,17)(H,16,18). The Hall–Kier alpha value is -1.58. The first-order valence-corrected chi connectivity index (χ1v) is 6.54. The summed E-state index contributed by atoms with van der Waals surface area (Å²) in [6, 6.07) is 3.80. The van der Waals surface area contributed by atoms with Crippen LogP contribution in [-0.4, -0.2) is 16.9 Å². The molecule has 4 nitrogen and oxygen atoms in total. The van der Waals surface area contributed by atoms with Crippen LogP contribution < -0.4 is 11.1 Å². The van der Waals surface area contributed by atoms with Crippen LogP contribution in [0.25, 0.3) is 0 Å². The maximum absolute atomic E-state index is 12.1. The van der Waals surface area contributed by atoms with Gasteiger partial charge in [0.2, 0.25) is 0 Å². The SMILES string of the molecule is CC1CC(NC(=O)c2cc(N)nc(C(C)C)c2)C1. The lowest BCUT2D eigenvalue weighted by Crippen LogP contribution is -2.43. The summed E-state index contributed by atoms with van der Waals surface area (Å²) in [4.78, 5) is 16.3. The first kappa shape index (κ1) is 12.9. The molecular formula is C14H21N3O. The lowest BCUT2D eigenvalue weighted by atomic mass is 9.82. The predicted molar refractivity (Wildman–Crippen MR) is 72.4 cm³/mol. The third kappa shape index (κ3) is 2.81. The molecule has 1 heterocycles. The second-order valence-corrected chi connectivity index (χ2v) is 5.61. The van der Waals surface area contributed by atoms with Crippen molar-refractivity contribution >= 4 is 11.7 Å². The maximum Gasteiger partial charge on any atom is 0.251 e. The van der Waals surface area contributed by atoms with E-state index in [9.17, 15) is 4.79 Å². The van der Waals surface area contributed by atoms with Gasteiger partial charge in [0, 0.05) is 17.3 Å². The second kappa shape index (κ2) is 4.96. The highest BCUT2D eigenvalue weighted by molar-refractivity contribution is 5.95. The number of hydrogen-bond acceptors (Lipinski definition) is 3. The van der Waals surface area contributed by atoms with Crippen LogP contribution in [0.15, 0.2) is 12.1 Å². The van der Waals surface area contributed by atoms with E-state index in [1.807, 2.05) is 19.9 Å². The van der Waals surface area contributed by atoms with Crippen LogP contribution in [0.2, 0.25) is 0 Å². The van der Waals surface area contributed by atoms with E-state index in [1.165, 1.54) is 0 Å². The summed E-state index contributed by atoms with van der Waals surface area (Å²) in [6.07, 6.45) is 2.15. The third-order valence-electron chi connectivity index (χ3n) is 3.43. The van der Waals surface area contributed by atoms with E-state index < -0.39 is 0 Å². The summed E-state index contributed by atoms with van der Waals surface area (Å²) in [5.41, 5.74) is 7.22. The van der Waals surface area contributed by atoms with Crippen LogP contribution in [0, 0.1) is 5.92 Å². The molecule has 1 aromatic rings. The molecule has 0 saturated heterocycles. The molecule has 0 bridgehead atoms. The van der Waals surface area contributed by atoms with Crippen LogP contribution >= 0.6 is 0 Å². The molecule has 0 aromatic carbocycles. The minimum Gasteiger partial charge on any atom is -0.384 e.